The predicted molar refractivity (Wildman–Crippen MR) is 101 cm³/mol. The molecule has 1 atom stereocenters. The number of esters is 1. The second-order valence-electron chi connectivity index (χ2n) is 6.47. The van der Waals surface area contributed by atoms with Gasteiger partial charge in [-0.15, -0.1) is 0 Å². The van der Waals surface area contributed by atoms with Crippen LogP contribution < -0.4 is 5.32 Å². The first-order valence-corrected chi connectivity index (χ1v) is 10.4. The van der Waals surface area contributed by atoms with E-state index in [1.165, 1.54) is 26.2 Å². The Bertz CT molecular complexity index is 812. The van der Waals surface area contributed by atoms with Gasteiger partial charge in [-0.3, -0.25) is 14.4 Å². The Morgan fingerprint density at radius 3 is 2.54 bits per heavy atom. The molecule has 0 unspecified atom stereocenters. The normalized spacial score (nSPS) is 17.6. The van der Waals surface area contributed by atoms with E-state index < -0.39 is 34.5 Å². The molecule has 1 N–H and O–H groups in total. The molecule has 9 nitrogen and oxygen atoms in total. The van der Waals surface area contributed by atoms with Gasteiger partial charge in [0.1, 0.15) is 6.04 Å². The zero-order chi connectivity index (χ0) is 20.7. The first kappa shape index (κ1) is 21.8. The minimum atomic E-state index is -3.85. The number of hydrogen-bond donors (Lipinski definition) is 1. The maximum atomic E-state index is 12.9. The van der Waals surface area contributed by atoms with Crippen molar-refractivity contribution in [1.29, 1.82) is 0 Å². The summed E-state index contributed by atoms with van der Waals surface area (Å²) in [6.07, 6.45) is 1.65. The SMILES string of the molecule is CNC(=O)CN(C)C(=O)COC(=O)[C@@H]1CCCCN1S(=O)(=O)c1ccccc1. The highest BCUT2D eigenvalue weighted by Gasteiger charge is 2.38. The molecule has 2 amide bonds. The zero-order valence-corrected chi connectivity index (χ0v) is 16.8. The van der Waals surface area contributed by atoms with E-state index in [0.717, 1.165) is 9.21 Å². The van der Waals surface area contributed by atoms with Crippen molar-refractivity contribution in [2.45, 2.75) is 30.2 Å². The Kier molecular flexibility index (Phi) is 7.53. The number of sulfonamides is 1. The first-order valence-electron chi connectivity index (χ1n) is 8.95. The summed E-state index contributed by atoms with van der Waals surface area (Å²) in [5, 5.41) is 2.39. The minimum absolute atomic E-state index is 0.107. The van der Waals surface area contributed by atoms with Crippen molar-refractivity contribution in [2.24, 2.45) is 0 Å². The molecule has 1 heterocycles. The summed E-state index contributed by atoms with van der Waals surface area (Å²) >= 11 is 0. The van der Waals surface area contributed by atoms with E-state index in [2.05, 4.69) is 5.32 Å². The Labute approximate surface area is 164 Å². The molecular formula is C18H25N3O6S. The fraction of sp³-hybridized carbons (Fsp3) is 0.500. The molecule has 0 aliphatic carbocycles. The van der Waals surface area contributed by atoms with Crippen LogP contribution in [0.2, 0.25) is 0 Å². The van der Waals surface area contributed by atoms with E-state index in [4.69, 9.17) is 4.74 Å². The minimum Gasteiger partial charge on any atom is -0.454 e. The lowest BCUT2D eigenvalue weighted by molar-refractivity contribution is -0.155. The number of nitrogens with one attached hydrogen (secondary N) is 1. The van der Waals surface area contributed by atoms with E-state index in [1.54, 1.807) is 18.2 Å². The molecule has 1 aromatic carbocycles. The van der Waals surface area contributed by atoms with Crippen molar-refractivity contribution >= 4 is 27.8 Å². The highest BCUT2D eigenvalue weighted by molar-refractivity contribution is 7.89. The smallest absolute Gasteiger partial charge is 0.324 e. The quantitative estimate of drug-likeness (QED) is 0.631. The molecule has 1 aromatic rings. The Balaban J connectivity index is 2.04. The van der Waals surface area contributed by atoms with Gasteiger partial charge in [0.2, 0.25) is 15.9 Å². The fourth-order valence-corrected chi connectivity index (χ4v) is 4.55. The molecular weight excluding hydrogens is 386 g/mol. The van der Waals surface area contributed by atoms with Gasteiger partial charge >= 0.3 is 5.97 Å². The van der Waals surface area contributed by atoms with Crippen LogP contribution in [0.1, 0.15) is 19.3 Å². The number of ether oxygens (including phenoxy) is 1. The van der Waals surface area contributed by atoms with Crippen LogP contribution in [0.15, 0.2) is 35.2 Å². The summed E-state index contributed by atoms with van der Waals surface area (Å²) in [4.78, 5) is 37.1. The van der Waals surface area contributed by atoms with Gasteiger partial charge in [-0.25, -0.2) is 8.42 Å². The number of rotatable bonds is 7. The monoisotopic (exact) mass is 411 g/mol. The standard InChI is InChI=1S/C18H25N3O6S/c1-19-16(22)12-20(2)17(23)13-27-18(24)15-10-6-7-11-21(15)28(25,26)14-8-4-3-5-9-14/h3-5,8-9,15H,6-7,10-13H2,1-2H3,(H,19,22)/t15-/m0/s1. The van der Waals surface area contributed by atoms with Gasteiger partial charge in [0.15, 0.2) is 6.61 Å². The maximum absolute atomic E-state index is 12.9. The predicted octanol–water partition coefficient (Wildman–Crippen LogP) is -0.0226. The summed E-state index contributed by atoms with van der Waals surface area (Å²) in [6.45, 7) is -0.506. The van der Waals surface area contributed by atoms with Gasteiger partial charge in [-0.1, -0.05) is 18.2 Å². The van der Waals surface area contributed by atoms with E-state index in [0.29, 0.717) is 19.3 Å². The van der Waals surface area contributed by atoms with Crippen molar-refractivity contribution in [3.63, 3.8) is 0 Å². The van der Waals surface area contributed by atoms with Gasteiger partial charge in [0.25, 0.3) is 5.91 Å². The number of piperidine rings is 1. The molecule has 0 saturated carbocycles. The lowest BCUT2D eigenvalue weighted by atomic mass is 10.1. The van der Waals surface area contributed by atoms with Crippen molar-refractivity contribution in [1.82, 2.24) is 14.5 Å². The molecule has 0 radical (unpaired) electrons. The summed E-state index contributed by atoms with van der Waals surface area (Å²) in [5.41, 5.74) is 0. The van der Waals surface area contributed by atoms with Crippen LogP contribution in [0.3, 0.4) is 0 Å². The molecule has 0 bridgehead atoms. The van der Waals surface area contributed by atoms with Gasteiger partial charge in [-0.05, 0) is 31.4 Å². The molecule has 1 saturated heterocycles. The summed E-state index contributed by atoms with van der Waals surface area (Å²) < 4.78 is 32.0. The molecule has 1 aliphatic heterocycles. The topological polar surface area (TPSA) is 113 Å². The number of nitrogens with zero attached hydrogens (tertiary/aromatic N) is 2. The van der Waals surface area contributed by atoms with Gasteiger partial charge in [0, 0.05) is 20.6 Å². The third-order valence-electron chi connectivity index (χ3n) is 4.50. The fourth-order valence-electron chi connectivity index (χ4n) is 2.88. The van der Waals surface area contributed by atoms with Crippen molar-refractivity contribution in [3.05, 3.63) is 30.3 Å². The lowest BCUT2D eigenvalue weighted by Crippen LogP contribution is -2.49. The Morgan fingerprint density at radius 1 is 1.21 bits per heavy atom. The van der Waals surface area contributed by atoms with Gasteiger partial charge in [0.05, 0.1) is 11.4 Å². The number of carbonyl (C=O) groups is 3. The number of benzene rings is 1. The summed E-state index contributed by atoms with van der Waals surface area (Å²) in [5.74, 6) is -1.67. The lowest BCUT2D eigenvalue weighted by Gasteiger charge is -2.33. The molecule has 10 heteroatoms. The average molecular weight is 411 g/mol. The third-order valence-corrected chi connectivity index (χ3v) is 6.42. The zero-order valence-electron chi connectivity index (χ0n) is 16.0. The average Bonchev–Trinajstić information content (AvgIpc) is 2.72. The summed E-state index contributed by atoms with van der Waals surface area (Å²) in [7, 11) is -0.981. The number of likely N-dealkylation sites (N-methyl/N-ethyl adjacent to an activating group) is 2. The molecule has 2 rings (SSSR count). The van der Waals surface area contributed by atoms with Crippen LogP contribution >= 0.6 is 0 Å². The van der Waals surface area contributed by atoms with Crippen LogP contribution in [0, 0.1) is 0 Å². The second kappa shape index (κ2) is 9.65. The van der Waals surface area contributed by atoms with Crippen LogP contribution in [-0.4, -0.2) is 75.2 Å². The van der Waals surface area contributed by atoms with Crippen LogP contribution in [0.5, 0.6) is 0 Å². The number of carbonyl (C=O) groups excluding carboxylic acids is 3. The Morgan fingerprint density at radius 2 is 1.89 bits per heavy atom. The molecule has 28 heavy (non-hydrogen) atoms. The Hall–Kier alpha value is -2.46. The van der Waals surface area contributed by atoms with Crippen LogP contribution in [0.25, 0.3) is 0 Å². The highest BCUT2D eigenvalue weighted by atomic mass is 32.2. The van der Waals surface area contributed by atoms with E-state index in [9.17, 15) is 22.8 Å². The third kappa shape index (κ3) is 5.29. The van der Waals surface area contributed by atoms with Crippen molar-refractivity contribution < 1.29 is 27.5 Å². The largest absolute Gasteiger partial charge is 0.454 e. The highest BCUT2D eigenvalue weighted by Crippen LogP contribution is 2.26. The second-order valence-corrected chi connectivity index (χ2v) is 8.36. The van der Waals surface area contributed by atoms with Crippen LogP contribution in [-0.2, 0) is 29.1 Å². The van der Waals surface area contributed by atoms with Gasteiger partial charge in [-0.2, -0.15) is 4.31 Å². The molecule has 1 fully saturated rings. The van der Waals surface area contributed by atoms with Gasteiger partial charge < -0.3 is 15.0 Å². The molecule has 0 spiro atoms. The van der Waals surface area contributed by atoms with Crippen molar-refractivity contribution in [3.8, 4) is 0 Å². The molecule has 0 aromatic heterocycles. The maximum Gasteiger partial charge on any atom is 0.324 e. The number of amides is 2. The number of hydrogen-bond acceptors (Lipinski definition) is 6. The molecule has 154 valence electrons. The van der Waals surface area contributed by atoms with Crippen molar-refractivity contribution in [2.75, 3.05) is 33.8 Å². The summed E-state index contributed by atoms with van der Waals surface area (Å²) in [6, 6.07) is 6.92. The first-order chi connectivity index (χ1) is 13.3. The molecule has 1 aliphatic rings. The van der Waals surface area contributed by atoms with E-state index in [-0.39, 0.29) is 23.9 Å². The van der Waals surface area contributed by atoms with Crippen LogP contribution in [0.4, 0.5) is 0 Å². The van der Waals surface area contributed by atoms with E-state index >= 15 is 0 Å². The van der Waals surface area contributed by atoms with E-state index in [1.807, 2.05) is 0 Å².